The van der Waals surface area contributed by atoms with E-state index in [0.29, 0.717) is 24.1 Å². The third kappa shape index (κ3) is 1.63. The Morgan fingerprint density at radius 2 is 2.07 bits per heavy atom. The predicted molar refractivity (Wildman–Crippen MR) is 51.9 cm³/mol. The molecule has 0 spiro atoms. The lowest BCUT2D eigenvalue weighted by molar-refractivity contribution is -0.122. The van der Waals surface area contributed by atoms with Crippen LogP contribution in [0.4, 0.5) is 5.95 Å². The molecule has 0 aromatic carbocycles. The topological polar surface area (TPSA) is 72.1 Å². The van der Waals surface area contributed by atoms with E-state index in [-0.39, 0.29) is 11.8 Å². The number of nitrogens with zero attached hydrogens (tertiary/aromatic N) is 3. The van der Waals surface area contributed by atoms with Crippen molar-refractivity contribution in [2.45, 2.75) is 0 Å². The predicted octanol–water partition coefficient (Wildman–Crippen LogP) is 0.0515. The molecule has 1 aromatic rings. The second kappa shape index (κ2) is 3.42. The number of halogens is 1. The van der Waals surface area contributed by atoms with E-state index in [1.165, 1.54) is 12.4 Å². The van der Waals surface area contributed by atoms with Crippen LogP contribution in [0.15, 0.2) is 12.4 Å². The van der Waals surface area contributed by atoms with Crippen molar-refractivity contribution in [3.63, 3.8) is 0 Å². The minimum absolute atomic E-state index is 0.0747. The van der Waals surface area contributed by atoms with Gasteiger partial charge in [0.25, 0.3) is 0 Å². The van der Waals surface area contributed by atoms with E-state index in [0.717, 1.165) is 0 Å². The van der Waals surface area contributed by atoms with Gasteiger partial charge < -0.3 is 10.6 Å². The van der Waals surface area contributed by atoms with E-state index in [1.54, 1.807) is 0 Å². The molecule has 1 saturated heterocycles. The van der Waals surface area contributed by atoms with E-state index in [2.05, 4.69) is 9.97 Å². The Kier molecular flexibility index (Phi) is 2.25. The summed E-state index contributed by atoms with van der Waals surface area (Å²) in [7, 11) is 0. The second-order valence-electron chi connectivity index (χ2n) is 3.21. The van der Waals surface area contributed by atoms with Gasteiger partial charge in [-0.1, -0.05) is 11.6 Å². The summed E-state index contributed by atoms with van der Waals surface area (Å²) in [6.07, 6.45) is 3.06. The number of hydrogen-bond donors (Lipinski definition) is 1. The Hall–Kier alpha value is -1.36. The van der Waals surface area contributed by atoms with Gasteiger partial charge in [-0.15, -0.1) is 0 Å². The minimum Gasteiger partial charge on any atom is -0.369 e. The fraction of sp³-hybridized carbons (Fsp3) is 0.375. The molecule has 0 radical (unpaired) electrons. The van der Waals surface area contributed by atoms with E-state index >= 15 is 0 Å². The average molecular weight is 213 g/mol. The standard InChI is InChI=1S/C8H9ClN4O/c9-6-1-11-8(12-2-6)13-3-5(4-13)7(10)14/h1-2,5H,3-4H2,(H2,10,14). The maximum absolute atomic E-state index is 10.7. The Morgan fingerprint density at radius 1 is 1.50 bits per heavy atom. The van der Waals surface area contributed by atoms with Crippen molar-refractivity contribution in [2.24, 2.45) is 11.7 Å². The number of carbonyl (C=O) groups excluding carboxylic acids is 1. The van der Waals surface area contributed by atoms with E-state index < -0.39 is 0 Å². The number of primary amides is 1. The van der Waals surface area contributed by atoms with Crippen molar-refractivity contribution in [3.05, 3.63) is 17.4 Å². The van der Waals surface area contributed by atoms with Gasteiger partial charge in [0.1, 0.15) is 0 Å². The Labute approximate surface area is 85.9 Å². The molecule has 74 valence electrons. The van der Waals surface area contributed by atoms with Crippen molar-refractivity contribution in [1.29, 1.82) is 0 Å². The molecule has 2 rings (SSSR count). The van der Waals surface area contributed by atoms with Crippen molar-refractivity contribution < 1.29 is 4.79 Å². The van der Waals surface area contributed by atoms with Crippen LogP contribution >= 0.6 is 11.6 Å². The summed E-state index contributed by atoms with van der Waals surface area (Å²) in [5.74, 6) is 0.247. The zero-order valence-corrected chi connectivity index (χ0v) is 8.11. The summed E-state index contributed by atoms with van der Waals surface area (Å²) in [6, 6.07) is 0. The first-order valence-corrected chi connectivity index (χ1v) is 4.56. The van der Waals surface area contributed by atoms with Gasteiger partial charge in [-0.2, -0.15) is 0 Å². The van der Waals surface area contributed by atoms with Gasteiger partial charge in [0.05, 0.1) is 23.3 Å². The number of hydrogen-bond acceptors (Lipinski definition) is 4. The molecule has 0 saturated carbocycles. The molecule has 6 heteroatoms. The molecule has 0 aliphatic carbocycles. The zero-order chi connectivity index (χ0) is 10.1. The van der Waals surface area contributed by atoms with Gasteiger partial charge in [-0.05, 0) is 0 Å². The molecule has 1 amide bonds. The van der Waals surface area contributed by atoms with Crippen molar-refractivity contribution in [1.82, 2.24) is 9.97 Å². The first kappa shape index (κ1) is 9.21. The average Bonchev–Trinajstić information content (AvgIpc) is 2.05. The maximum atomic E-state index is 10.7. The van der Waals surface area contributed by atoms with Crippen LogP contribution in [-0.4, -0.2) is 29.0 Å². The summed E-state index contributed by atoms with van der Waals surface area (Å²) in [6.45, 7) is 1.19. The molecule has 2 heterocycles. The smallest absolute Gasteiger partial charge is 0.225 e. The van der Waals surface area contributed by atoms with Gasteiger partial charge in [0.2, 0.25) is 11.9 Å². The van der Waals surface area contributed by atoms with Crippen molar-refractivity contribution in [2.75, 3.05) is 18.0 Å². The molecule has 5 nitrogen and oxygen atoms in total. The largest absolute Gasteiger partial charge is 0.369 e. The summed E-state index contributed by atoms with van der Waals surface area (Å²) in [4.78, 5) is 20.7. The first-order chi connectivity index (χ1) is 6.66. The van der Waals surface area contributed by atoms with Gasteiger partial charge in [0, 0.05) is 13.1 Å². The zero-order valence-electron chi connectivity index (χ0n) is 7.35. The lowest BCUT2D eigenvalue weighted by atomic mass is 10.0. The third-order valence-corrected chi connectivity index (χ3v) is 2.37. The molecule has 14 heavy (non-hydrogen) atoms. The van der Waals surface area contributed by atoms with Crippen LogP contribution < -0.4 is 10.6 Å². The SMILES string of the molecule is NC(=O)C1CN(c2ncc(Cl)cn2)C1. The van der Waals surface area contributed by atoms with Crippen LogP contribution in [0.3, 0.4) is 0 Å². The molecule has 2 N–H and O–H groups in total. The van der Waals surface area contributed by atoms with Crippen molar-refractivity contribution >= 4 is 23.5 Å². The van der Waals surface area contributed by atoms with Crippen LogP contribution in [0.1, 0.15) is 0 Å². The molecule has 0 unspecified atom stereocenters. The summed E-state index contributed by atoms with van der Waals surface area (Å²) in [5, 5.41) is 0.501. The first-order valence-electron chi connectivity index (χ1n) is 4.18. The monoisotopic (exact) mass is 212 g/mol. The number of rotatable bonds is 2. The number of amides is 1. The van der Waals surface area contributed by atoms with Crippen LogP contribution in [-0.2, 0) is 4.79 Å². The Balaban J connectivity index is 2.00. The Bertz CT molecular complexity index is 347. The highest BCUT2D eigenvalue weighted by Crippen LogP contribution is 2.20. The highest BCUT2D eigenvalue weighted by molar-refractivity contribution is 6.30. The maximum Gasteiger partial charge on any atom is 0.225 e. The molecule has 1 fully saturated rings. The second-order valence-corrected chi connectivity index (χ2v) is 3.64. The number of aromatic nitrogens is 2. The lowest BCUT2D eigenvalue weighted by Crippen LogP contribution is -2.53. The van der Waals surface area contributed by atoms with E-state index in [4.69, 9.17) is 17.3 Å². The molecule has 1 aromatic heterocycles. The fourth-order valence-corrected chi connectivity index (χ4v) is 1.39. The van der Waals surface area contributed by atoms with Gasteiger partial charge in [0.15, 0.2) is 0 Å². The highest BCUT2D eigenvalue weighted by atomic mass is 35.5. The molecular formula is C8H9ClN4O. The van der Waals surface area contributed by atoms with Gasteiger partial charge in [-0.3, -0.25) is 4.79 Å². The van der Waals surface area contributed by atoms with E-state index in [9.17, 15) is 4.79 Å². The summed E-state index contributed by atoms with van der Waals surface area (Å²) >= 11 is 5.64. The normalized spacial score (nSPS) is 16.5. The lowest BCUT2D eigenvalue weighted by Gasteiger charge is -2.37. The van der Waals surface area contributed by atoms with Crippen LogP contribution in [0.25, 0.3) is 0 Å². The third-order valence-electron chi connectivity index (χ3n) is 2.17. The summed E-state index contributed by atoms with van der Waals surface area (Å²) < 4.78 is 0. The van der Waals surface area contributed by atoms with Gasteiger partial charge in [-0.25, -0.2) is 9.97 Å². The quantitative estimate of drug-likeness (QED) is 0.752. The van der Waals surface area contributed by atoms with Crippen LogP contribution in [0.2, 0.25) is 5.02 Å². The van der Waals surface area contributed by atoms with E-state index in [1.807, 2.05) is 4.90 Å². The van der Waals surface area contributed by atoms with Crippen molar-refractivity contribution in [3.8, 4) is 0 Å². The molecule has 1 aliphatic heterocycles. The molecular weight excluding hydrogens is 204 g/mol. The molecule has 1 aliphatic rings. The highest BCUT2D eigenvalue weighted by Gasteiger charge is 2.32. The number of anilines is 1. The van der Waals surface area contributed by atoms with Crippen LogP contribution in [0.5, 0.6) is 0 Å². The molecule has 0 bridgehead atoms. The number of nitrogens with two attached hydrogens (primary N) is 1. The summed E-state index contributed by atoms with van der Waals surface area (Å²) in [5.41, 5.74) is 5.13. The minimum atomic E-state index is -0.268. The molecule has 0 atom stereocenters. The van der Waals surface area contributed by atoms with Crippen LogP contribution in [0, 0.1) is 5.92 Å². The van der Waals surface area contributed by atoms with Gasteiger partial charge >= 0.3 is 0 Å². The Morgan fingerprint density at radius 3 is 2.57 bits per heavy atom. The number of carbonyl (C=O) groups is 1. The fourth-order valence-electron chi connectivity index (χ4n) is 1.29.